The lowest BCUT2D eigenvalue weighted by molar-refractivity contribution is 0.348. The van der Waals surface area contributed by atoms with Gasteiger partial charge in [0.2, 0.25) is 0 Å². The van der Waals surface area contributed by atoms with E-state index in [1.807, 2.05) is 0 Å². The number of benzene rings is 1. The minimum atomic E-state index is -0.855. The lowest BCUT2D eigenvalue weighted by atomic mass is 10.2. The van der Waals surface area contributed by atoms with Gasteiger partial charge in [-0.1, -0.05) is 6.07 Å². The largest absolute Gasteiger partial charge is 0.493 e. The molecule has 0 atom stereocenters. The number of hydrogen-bond acceptors (Lipinski definition) is 4. The van der Waals surface area contributed by atoms with Crippen LogP contribution in [0.4, 0.5) is 8.78 Å². The average Bonchev–Trinajstić information content (AvgIpc) is 2.50. The Morgan fingerprint density at radius 2 is 1.86 bits per heavy atom. The van der Waals surface area contributed by atoms with E-state index in [2.05, 4.69) is 10.3 Å². The van der Waals surface area contributed by atoms with E-state index < -0.39 is 11.6 Å². The number of rotatable bonds is 6. The number of halogens is 2. The van der Waals surface area contributed by atoms with Gasteiger partial charge in [0.1, 0.15) is 0 Å². The molecule has 0 fully saturated rings. The lowest BCUT2D eigenvalue weighted by Crippen LogP contribution is -2.15. The average molecular weight is 294 g/mol. The predicted molar refractivity (Wildman–Crippen MR) is 74.2 cm³/mol. The first-order chi connectivity index (χ1) is 10.2. The highest BCUT2D eigenvalue weighted by Gasteiger charge is 2.10. The second-order valence-corrected chi connectivity index (χ2v) is 4.35. The summed E-state index contributed by atoms with van der Waals surface area (Å²) in [5.74, 6) is -0.559. The summed E-state index contributed by atoms with van der Waals surface area (Å²) in [6.07, 6.45) is 1.62. The Balaban J connectivity index is 2.01. The van der Waals surface area contributed by atoms with Gasteiger partial charge >= 0.3 is 0 Å². The van der Waals surface area contributed by atoms with Crippen LogP contribution < -0.4 is 14.8 Å². The molecular formula is C15H16F2N2O2. The Morgan fingerprint density at radius 1 is 1.05 bits per heavy atom. The van der Waals surface area contributed by atoms with Crippen molar-refractivity contribution >= 4 is 0 Å². The summed E-state index contributed by atoms with van der Waals surface area (Å²) >= 11 is 0. The van der Waals surface area contributed by atoms with E-state index in [1.165, 1.54) is 12.1 Å². The quantitative estimate of drug-likeness (QED) is 0.889. The van der Waals surface area contributed by atoms with Gasteiger partial charge in [0.15, 0.2) is 23.1 Å². The van der Waals surface area contributed by atoms with Gasteiger partial charge < -0.3 is 14.8 Å². The van der Waals surface area contributed by atoms with Crippen LogP contribution in [0.1, 0.15) is 11.3 Å². The van der Waals surface area contributed by atoms with Crippen molar-refractivity contribution in [3.63, 3.8) is 0 Å². The van der Waals surface area contributed by atoms with Crippen molar-refractivity contribution in [3.05, 3.63) is 53.4 Å². The normalized spacial score (nSPS) is 10.5. The van der Waals surface area contributed by atoms with E-state index in [-0.39, 0.29) is 0 Å². The third kappa shape index (κ3) is 3.66. The highest BCUT2D eigenvalue weighted by atomic mass is 19.2. The van der Waals surface area contributed by atoms with Crippen LogP contribution >= 0.6 is 0 Å². The molecule has 1 heterocycles. The third-order valence-corrected chi connectivity index (χ3v) is 2.97. The Kier molecular flexibility index (Phi) is 5.05. The van der Waals surface area contributed by atoms with E-state index in [1.54, 1.807) is 26.5 Å². The monoisotopic (exact) mass is 294 g/mol. The summed E-state index contributed by atoms with van der Waals surface area (Å²) in [7, 11) is 3.09. The fourth-order valence-electron chi connectivity index (χ4n) is 1.95. The van der Waals surface area contributed by atoms with Crippen LogP contribution in [0.3, 0.4) is 0 Å². The molecule has 1 aromatic heterocycles. The molecule has 0 amide bonds. The van der Waals surface area contributed by atoms with E-state index >= 15 is 0 Å². The van der Waals surface area contributed by atoms with E-state index in [0.717, 1.165) is 6.07 Å². The zero-order chi connectivity index (χ0) is 15.2. The highest BCUT2D eigenvalue weighted by molar-refractivity contribution is 5.42. The molecule has 1 aromatic carbocycles. The van der Waals surface area contributed by atoms with Crippen molar-refractivity contribution in [2.24, 2.45) is 0 Å². The van der Waals surface area contributed by atoms with Crippen molar-refractivity contribution in [1.29, 1.82) is 0 Å². The van der Waals surface area contributed by atoms with Gasteiger partial charge in [-0.25, -0.2) is 8.78 Å². The molecule has 0 aliphatic rings. The summed E-state index contributed by atoms with van der Waals surface area (Å²) in [5.41, 5.74) is 1.33. The SMILES string of the molecule is COc1ccnc(CNCc2ccc(F)c(F)c2)c1OC. The van der Waals surface area contributed by atoms with Crippen molar-refractivity contribution in [3.8, 4) is 11.5 Å². The number of nitrogens with zero attached hydrogens (tertiary/aromatic N) is 1. The van der Waals surface area contributed by atoms with E-state index in [9.17, 15) is 8.78 Å². The second kappa shape index (κ2) is 6.99. The molecule has 112 valence electrons. The molecule has 2 rings (SSSR count). The number of ether oxygens (including phenoxy) is 2. The highest BCUT2D eigenvalue weighted by Crippen LogP contribution is 2.28. The van der Waals surface area contributed by atoms with Gasteiger partial charge in [-0.15, -0.1) is 0 Å². The number of nitrogens with one attached hydrogen (secondary N) is 1. The maximum absolute atomic E-state index is 13.1. The van der Waals surface area contributed by atoms with Crippen LogP contribution in [-0.2, 0) is 13.1 Å². The van der Waals surface area contributed by atoms with Crippen LogP contribution in [0.15, 0.2) is 30.5 Å². The summed E-state index contributed by atoms with van der Waals surface area (Å²) in [6.45, 7) is 0.804. The van der Waals surface area contributed by atoms with Crippen LogP contribution in [0.5, 0.6) is 11.5 Å². The Morgan fingerprint density at radius 3 is 2.52 bits per heavy atom. The van der Waals surface area contributed by atoms with Gasteiger partial charge in [-0.2, -0.15) is 0 Å². The third-order valence-electron chi connectivity index (χ3n) is 2.97. The minimum absolute atomic E-state index is 0.388. The first-order valence-electron chi connectivity index (χ1n) is 6.36. The van der Waals surface area contributed by atoms with Crippen molar-refractivity contribution in [1.82, 2.24) is 10.3 Å². The maximum Gasteiger partial charge on any atom is 0.183 e. The fourth-order valence-corrected chi connectivity index (χ4v) is 1.95. The summed E-state index contributed by atoms with van der Waals surface area (Å²) in [6, 6.07) is 5.51. The summed E-state index contributed by atoms with van der Waals surface area (Å²) in [5, 5.41) is 3.10. The van der Waals surface area contributed by atoms with Crippen LogP contribution in [0, 0.1) is 11.6 Å². The number of hydrogen-bond donors (Lipinski definition) is 1. The first kappa shape index (κ1) is 15.2. The molecular weight excluding hydrogens is 278 g/mol. The topological polar surface area (TPSA) is 43.4 Å². The van der Waals surface area contributed by atoms with Gasteiger partial charge in [-0.05, 0) is 17.7 Å². The van der Waals surface area contributed by atoms with E-state index in [0.29, 0.717) is 35.8 Å². The molecule has 0 aliphatic carbocycles. The van der Waals surface area contributed by atoms with E-state index in [4.69, 9.17) is 9.47 Å². The first-order valence-corrected chi connectivity index (χ1v) is 6.36. The molecule has 0 saturated carbocycles. The summed E-state index contributed by atoms with van der Waals surface area (Å²) < 4.78 is 36.4. The molecule has 21 heavy (non-hydrogen) atoms. The molecule has 4 nitrogen and oxygen atoms in total. The standard InChI is InChI=1S/C15H16F2N2O2/c1-20-14-5-6-19-13(15(14)21-2)9-18-8-10-3-4-11(16)12(17)7-10/h3-7,18H,8-9H2,1-2H3. The van der Waals surface area contributed by atoms with Crippen LogP contribution in [-0.4, -0.2) is 19.2 Å². The molecule has 0 bridgehead atoms. The second-order valence-electron chi connectivity index (χ2n) is 4.35. The molecule has 0 radical (unpaired) electrons. The molecule has 0 aliphatic heterocycles. The van der Waals surface area contributed by atoms with Crippen LogP contribution in [0.2, 0.25) is 0 Å². The fraction of sp³-hybridized carbons (Fsp3) is 0.267. The van der Waals surface area contributed by atoms with Crippen molar-refractivity contribution in [2.75, 3.05) is 14.2 Å². The Labute approximate surface area is 121 Å². The lowest BCUT2D eigenvalue weighted by Gasteiger charge is -2.12. The van der Waals surface area contributed by atoms with Gasteiger partial charge in [-0.3, -0.25) is 4.98 Å². The predicted octanol–water partition coefficient (Wildman–Crippen LogP) is 2.67. The summed E-state index contributed by atoms with van der Waals surface area (Å²) in [4.78, 5) is 4.22. The smallest absolute Gasteiger partial charge is 0.183 e. The van der Waals surface area contributed by atoms with Gasteiger partial charge in [0.05, 0.1) is 19.9 Å². The zero-order valence-electron chi connectivity index (χ0n) is 11.8. The van der Waals surface area contributed by atoms with Gasteiger partial charge in [0.25, 0.3) is 0 Å². The maximum atomic E-state index is 13.1. The van der Waals surface area contributed by atoms with Gasteiger partial charge in [0, 0.05) is 25.4 Å². The molecule has 0 spiro atoms. The Bertz CT molecular complexity index is 621. The molecule has 1 N–H and O–H groups in total. The Hall–Kier alpha value is -2.21. The molecule has 0 unspecified atom stereocenters. The van der Waals surface area contributed by atoms with Crippen LogP contribution in [0.25, 0.3) is 0 Å². The zero-order valence-corrected chi connectivity index (χ0v) is 11.8. The van der Waals surface area contributed by atoms with Crippen molar-refractivity contribution < 1.29 is 18.3 Å². The molecule has 2 aromatic rings. The number of aromatic nitrogens is 1. The number of pyridine rings is 1. The number of methoxy groups -OCH3 is 2. The van der Waals surface area contributed by atoms with Crippen molar-refractivity contribution in [2.45, 2.75) is 13.1 Å². The molecule has 0 saturated heterocycles. The minimum Gasteiger partial charge on any atom is -0.493 e. The molecule has 6 heteroatoms.